The van der Waals surface area contributed by atoms with Gasteiger partial charge in [0.05, 0.1) is 16.1 Å². The summed E-state index contributed by atoms with van der Waals surface area (Å²) in [6.07, 6.45) is 1.71. The van der Waals surface area contributed by atoms with Gasteiger partial charge in [-0.05, 0) is 6.07 Å². The molecule has 0 atom stereocenters. The number of hydrogen-bond acceptors (Lipinski definition) is 1. The third-order valence-corrected chi connectivity index (χ3v) is 1.12. The van der Waals surface area contributed by atoms with Crippen molar-refractivity contribution < 1.29 is 0 Å². The third kappa shape index (κ3) is 1.17. The molecule has 1 rings (SSSR count). The van der Waals surface area contributed by atoms with Gasteiger partial charge in [-0.3, -0.25) is 0 Å². The van der Waals surface area contributed by atoms with Crippen molar-refractivity contribution in [3.63, 3.8) is 0 Å². The van der Waals surface area contributed by atoms with Gasteiger partial charge in [0, 0.05) is 6.20 Å². The molecule has 0 aliphatic rings. The van der Waals surface area contributed by atoms with Crippen molar-refractivity contribution in [3.05, 3.63) is 17.4 Å². The molecule has 0 aliphatic carbocycles. The molecule has 1 aromatic heterocycles. The Labute approximate surface area is 54.4 Å². The fourth-order valence-electron chi connectivity index (χ4n) is 0.281. The molecule has 0 fully saturated rings. The minimum absolute atomic E-state index is 0.497. The first kappa shape index (κ1) is 5.12. The van der Waals surface area contributed by atoms with E-state index in [9.17, 15) is 0 Å². The molecule has 0 unspecified atom stereocenters. The molecule has 0 N–H and O–H groups in total. The molecule has 0 aliphatic heterocycles. The summed E-state index contributed by atoms with van der Waals surface area (Å²) in [5.74, 6) is 0. The summed E-state index contributed by atoms with van der Waals surface area (Å²) in [6.45, 7) is 0. The van der Waals surface area contributed by atoms with Crippen LogP contribution in [0.25, 0.3) is 0 Å². The Morgan fingerprint density at radius 3 is 2.71 bits per heavy atom. The van der Waals surface area contributed by atoms with Crippen molar-refractivity contribution in [3.8, 4) is 0 Å². The van der Waals surface area contributed by atoms with Gasteiger partial charge in [-0.2, -0.15) is 0 Å². The van der Waals surface area contributed by atoms with E-state index in [1.165, 1.54) is 3.71 Å². The number of halogens is 2. The van der Waals surface area contributed by atoms with Gasteiger partial charge in [0.2, 0.25) is 0 Å². The number of rotatable bonds is 0. The molecule has 0 saturated carbocycles. The van der Waals surface area contributed by atoms with E-state index in [1.807, 2.05) is 0 Å². The first-order chi connectivity index (χ1) is 3.29. The summed E-state index contributed by atoms with van der Waals surface area (Å²) in [4.78, 5) is 0. The number of nitrogens with zero attached hydrogens (tertiary/aromatic N) is 2. The molecule has 0 spiro atoms. The first-order valence-electron chi connectivity index (χ1n) is 1.66. The monoisotopic (exact) mass is 180 g/mol. The summed E-state index contributed by atoms with van der Waals surface area (Å²) in [7, 11) is 0. The fraction of sp³-hybridized carbons (Fsp3) is 0. The van der Waals surface area contributed by atoms with E-state index < -0.39 is 0 Å². The zero-order valence-electron chi connectivity index (χ0n) is 3.31. The second-order valence-electron chi connectivity index (χ2n) is 1.03. The van der Waals surface area contributed by atoms with Crippen molar-refractivity contribution in [2.75, 3.05) is 0 Å². The van der Waals surface area contributed by atoms with Crippen LogP contribution in [0.1, 0.15) is 0 Å². The topological polar surface area (TPSA) is 17.8 Å². The quantitative estimate of drug-likeness (QED) is 0.596. The Bertz CT molecular complexity index is 145. The Morgan fingerprint density at radius 1 is 1.86 bits per heavy atom. The molecular weight excluding hydrogens is 179 g/mol. The molecule has 1 aromatic rings. The highest BCUT2D eigenvalue weighted by atomic mass is 79.9. The smallest absolute Gasteiger partial charge is 0.152 e. The average Bonchev–Trinajstić information content (AvgIpc) is 1.87. The molecule has 1 heterocycles. The predicted octanol–water partition coefficient (Wildman–Crippen LogP) is 1.69. The molecule has 38 valence electrons. The van der Waals surface area contributed by atoms with Crippen LogP contribution in [0.15, 0.2) is 12.3 Å². The van der Waals surface area contributed by atoms with Gasteiger partial charge in [-0.15, -0.1) is 5.10 Å². The van der Waals surface area contributed by atoms with Crippen LogP contribution in [0.3, 0.4) is 0 Å². The largest absolute Gasteiger partial charge is 0.204 e. The van der Waals surface area contributed by atoms with E-state index in [0.29, 0.717) is 5.15 Å². The zero-order valence-corrected chi connectivity index (χ0v) is 5.65. The van der Waals surface area contributed by atoms with Crippen LogP contribution in [0, 0.1) is 0 Å². The van der Waals surface area contributed by atoms with Crippen LogP contribution in [0.5, 0.6) is 0 Å². The normalized spacial score (nSPS) is 9.43. The first-order valence-corrected chi connectivity index (χ1v) is 2.75. The second-order valence-corrected chi connectivity index (χ2v) is 2.14. The minimum atomic E-state index is 0.497. The molecule has 0 saturated heterocycles. The minimum Gasteiger partial charge on any atom is -0.204 e. The summed E-state index contributed by atoms with van der Waals surface area (Å²) < 4.78 is 1.47. The summed E-state index contributed by atoms with van der Waals surface area (Å²) in [5, 5.41) is 4.21. The van der Waals surface area contributed by atoms with Gasteiger partial charge in [-0.25, -0.2) is 3.71 Å². The van der Waals surface area contributed by atoms with Crippen molar-refractivity contribution in [1.29, 1.82) is 0 Å². The SMILES string of the molecule is Clc1ccn(Br)n1. The number of aromatic nitrogens is 2. The van der Waals surface area contributed by atoms with Crippen LogP contribution in [0.4, 0.5) is 0 Å². The lowest BCUT2D eigenvalue weighted by atomic mass is 10.8. The molecule has 0 bridgehead atoms. The Hall–Kier alpha value is -0.0200. The molecule has 2 nitrogen and oxygen atoms in total. The second kappa shape index (κ2) is 1.84. The maximum Gasteiger partial charge on any atom is 0.152 e. The highest BCUT2D eigenvalue weighted by molar-refractivity contribution is 9.08. The van der Waals surface area contributed by atoms with Crippen LogP contribution >= 0.6 is 27.7 Å². The van der Waals surface area contributed by atoms with E-state index in [0.717, 1.165) is 0 Å². The van der Waals surface area contributed by atoms with Gasteiger partial charge < -0.3 is 0 Å². The third-order valence-electron chi connectivity index (χ3n) is 0.526. The van der Waals surface area contributed by atoms with E-state index in [4.69, 9.17) is 11.6 Å². The Balaban J connectivity index is 3.04. The van der Waals surface area contributed by atoms with Gasteiger partial charge in [0.1, 0.15) is 0 Å². The maximum absolute atomic E-state index is 5.40. The van der Waals surface area contributed by atoms with Crippen molar-refractivity contribution >= 4 is 27.7 Å². The Kier molecular flexibility index (Phi) is 1.35. The lowest BCUT2D eigenvalue weighted by molar-refractivity contribution is 1.03. The maximum atomic E-state index is 5.40. The summed E-state index contributed by atoms with van der Waals surface area (Å²) >= 11 is 8.45. The van der Waals surface area contributed by atoms with Gasteiger partial charge in [0.15, 0.2) is 5.15 Å². The van der Waals surface area contributed by atoms with E-state index >= 15 is 0 Å². The van der Waals surface area contributed by atoms with E-state index in [2.05, 4.69) is 21.2 Å². The lowest BCUT2D eigenvalue weighted by Gasteiger charge is -1.74. The van der Waals surface area contributed by atoms with E-state index in [1.54, 1.807) is 12.3 Å². The average molecular weight is 181 g/mol. The van der Waals surface area contributed by atoms with Crippen molar-refractivity contribution in [2.24, 2.45) is 0 Å². The molecule has 0 radical (unpaired) electrons. The summed E-state index contributed by atoms with van der Waals surface area (Å²) in [5.41, 5.74) is 0. The van der Waals surface area contributed by atoms with Crippen LogP contribution in [0.2, 0.25) is 5.15 Å². The van der Waals surface area contributed by atoms with Gasteiger partial charge >= 0.3 is 0 Å². The lowest BCUT2D eigenvalue weighted by Crippen LogP contribution is -1.74. The highest BCUT2D eigenvalue weighted by Gasteiger charge is 1.86. The molecule has 7 heavy (non-hydrogen) atoms. The number of hydrogen-bond donors (Lipinski definition) is 0. The van der Waals surface area contributed by atoms with Crippen LogP contribution < -0.4 is 0 Å². The van der Waals surface area contributed by atoms with Gasteiger partial charge in [0.25, 0.3) is 0 Å². The van der Waals surface area contributed by atoms with Crippen LogP contribution in [-0.4, -0.2) is 8.81 Å². The van der Waals surface area contributed by atoms with E-state index in [-0.39, 0.29) is 0 Å². The molecule has 0 aromatic carbocycles. The predicted molar refractivity (Wildman–Crippen MR) is 31.6 cm³/mol. The molecular formula is C3H2BrClN2. The highest BCUT2D eigenvalue weighted by Crippen LogP contribution is 2.02. The Morgan fingerprint density at radius 2 is 2.57 bits per heavy atom. The standard InChI is InChI=1S/C3H2BrClN2/c4-7-2-1-3(5)6-7/h1-2H. The molecule has 4 heteroatoms. The zero-order chi connectivity index (χ0) is 5.28. The fourth-order valence-corrected chi connectivity index (χ4v) is 0.799. The van der Waals surface area contributed by atoms with Crippen molar-refractivity contribution in [1.82, 2.24) is 8.81 Å². The van der Waals surface area contributed by atoms with Crippen LogP contribution in [-0.2, 0) is 0 Å². The molecule has 0 amide bonds. The van der Waals surface area contributed by atoms with Crippen molar-refractivity contribution in [2.45, 2.75) is 0 Å². The van der Waals surface area contributed by atoms with Gasteiger partial charge in [-0.1, -0.05) is 11.6 Å². The summed E-state index contributed by atoms with van der Waals surface area (Å²) in [6, 6.07) is 1.69.